The van der Waals surface area contributed by atoms with Crippen molar-refractivity contribution in [3.63, 3.8) is 0 Å². The highest BCUT2D eigenvalue weighted by Gasteiger charge is 2.19. The monoisotopic (exact) mass is 406 g/mol. The number of likely N-dealkylation sites (N-methyl/N-ethyl adjacent to an activating group) is 1. The Kier molecular flexibility index (Phi) is 6.36. The fourth-order valence-electron chi connectivity index (χ4n) is 3.42. The van der Waals surface area contributed by atoms with Gasteiger partial charge in [-0.15, -0.1) is 0 Å². The highest BCUT2D eigenvalue weighted by Crippen LogP contribution is 2.22. The summed E-state index contributed by atoms with van der Waals surface area (Å²) < 4.78 is 11.3. The number of nitrogens with one attached hydrogen (secondary N) is 1. The van der Waals surface area contributed by atoms with Crippen molar-refractivity contribution in [1.29, 1.82) is 0 Å². The van der Waals surface area contributed by atoms with Crippen molar-refractivity contribution in [1.82, 2.24) is 15.3 Å². The molecule has 0 amide bonds. The summed E-state index contributed by atoms with van der Waals surface area (Å²) in [7, 11) is 1.87. The number of benzene rings is 2. The fourth-order valence-corrected chi connectivity index (χ4v) is 3.42. The van der Waals surface area contributed by atoms with Crippen LogP contribution in [0.5, 0.6) is 6.01 Å². The Labute approximate surface area is 175 Å². The van der Waals surface area contributed by atoms with Crippen LogP contribution in [0.3, 0.4) is 0 Å². The number of aromatic nitrogens is 2. The standard InChI is InChI=1S/C22H26N6O2/c1-24-8-11-30-22-25-19(15-20(26-22)28-9-12-29-13-10-28)21(27-23)18-7-6-16-4-2-3-5-17(16)14-18/h2-7,14-15,24H,8-13,23H2,1H3/b27-21-. The van der Waals surface area contributed by atoms with E-state index in [-0.39, 0.29) is 0 Å². The molecule has 0 aliphatic carbocycles. The smallest absolute Gasteiger partial charge is 0.319 e. The van der Waals surface area contributed by atoms with Crippen molar-refractivity contribution in [2.24, 2.45) is 10.9 Å². The Morgan fingerprint density at radius 2 is 1.93 bits per heavy atom. The van der Waals surface area contributed by atoms with Crippen molar-refractivity contribution in [3.8, 4) is 6.01 Å². The number of hydrogen-bond acceptors (Lipinski definition) is 8. The van der Waals surface area contributed by atoms with E-state index in [1.165, 1.54) is 0 Å². The van der Waals surface area contributed by atoms with Crippen LogP contribution in [0.15, 0.2) is 53.6 Å². The van der Waals surface area contributed by atoms with Crippen LogP contribution in [0.1, 0.15) is 11.3 Å². The van der Waals surface area contributed by atoms with Crippen LogP contribution in [0.2, 0.25) is 0 Å². The van der Waals surface area contributed by atoms with Gasteiger partial charge in [-0.3, -0.25) is 0 Å². The number of hydrazone groups is 1. The molecule has 1 saturated heterocycles. The average Bonchev–Trinajstić information content (AvgIpc) is 2.80. The van der Waals surface area contributed by atoms with Crippen LogP contribution in [0.4, 0.5) is 5.82 Å². The van der Waals surface area contributed by atoms with Crippen LogP contribution in [-0.4, -0.2) is 62.2 Å². The molecule has 3 aromatic rings. The summed E-state index contributed by atoms with van der Waals surface area (Å²) in [4.78, 5) is 11.4. The van der Waals surface area contributed by atoms with Gasteiger partial charge in [-0.05, 0) is 23.9 Å². The van der Waals surface area contributed by atoms with Crippen molar-refractivity contribution in [3.05, 3.63) is 59.8 Å². The number of rotatable bonds is 7. The quantitative estimate of drug-likeness (QED) is 0.267. The second kappa shape index (κ2) is 9.51. The minimum absolute atomic E-state index is 0.311. The number of ether oxygens (including phenoxy) is 2. The van der Waals surface area contributed by atoms with Crippen molar-refractivity contribution < 1.29 is 9.47 Å². The van der Waals surface area contributed by atoms with Crippen LogP contribution < -0.4 is 20.8 Å². The topological polar surface area (TPSA) is 97.9 Å². The molecular formula is C22H26N6O2. The number of nitrogens with zero attached hydrogens (tertiary/aromatic N) is 4. The third-order valence-corrected chi connectivity index (χ3v) is 5.01. The highest BCUT2D eigenvalue weighted by atomic mass is 16.5. The average molecular weight is 406 g/mol. The minimum Gasteiger partial charge on any atom is -0.462 e. The van der Waals surface area contributed by atoms with Gasteiger partial charge in [0.15, 0.2) is 0 Å². The second-order valence-electron chi connectivity index (χ2n) is 6.99. The van der Waals surface area contributed by atoms with Gasteiger partial charge in [0, 0.05) is 31.3 Å². The van der Waals surface area contributed by atoms with Gasteiger partial charge in [0.2, 0.25) is 0 Å². The molecule has 1 aliphatic rings. The van der Waals surface area contributed by atoms with Gasteiger partial charge in [-0.2, -0.15) is 15.1 Å². The molecule has 0 spiro atoms. The predicted molar refractivity (Wildman–Crippen MR) is 118 cm³/mol. The molecule has 0 saturated carbocycles. The third kappa shape index (κ3) is 4.50. The maximum atomic E-state index is 5.82. The zero-order valence-corrected chi connectivity index (χ0v) is 17.0. The molecule has 4 rings (SSSR count). The molecule has 1 aliphatic heterocycles. The zero-order valence-electron chi connectivity index (χ0n) is 17.0. The van der Waals surface area contributed by atoms with E-state index in [1.807, 2.05) is 31.3 Å². The summed E-state index contributed by atoms with van der Waals surface area (Å²) in [5.41, 5.74) is 2.11. The Bertz CT molecular complexity index is 1030. The summed E-state index contributed by atoms with van der Waals surface area (Å²) >= 11 is 0. The zero-order chi connectivity index (χ0) is 20.8. The lowest BCUT2D eigenvalue weighted by Gasteiger charge is -2.28. The summed E-state index contributed by atoms with van der Waals surface area (Å²) in [6.07, 6.45) is 0. The fraction of sp³-hybridized carbons (Fsp3) is 0.318. The lowest BCUT2D eigenvalue weighted by molar-refractivity contribution is 0.122. The number of fused-ring (bicyclic) bond motifs is 1. The van der Waals surface area contributed by atoms with Crippen molar-refractivity contribution in [2.45, 2.75) is 0 Å². The van der Waals surface area contributed by atoms with E-state index in [9.17, 15) is 0 Å². The lowest BCUT2D eigenvalue weighted by Crippen LogP contribution is -2.37. The summed E-state index contributed by atoms with van der Waals surface area (Å²) in [5, 5.41) is 9.40. The molecule has 8 heteroatoms. The number of anilines is 1. The van der Waals surface area contributed by atoms with Crippen LogP contribution in [0.25, 0.3) is 10.8 Å². The predicted octanol–water partition coefficient (Wildman–Crippen LogP) is 1.78. The SMILES string of the molecule is CNCCOc1nc(/C(=N\N)c2ccc3ccccc3c2)cc(N2CCOCC2)n1. The van der Waals surface area contributed by atoms with E-state index in [1.54, 1.807) is 0 Å². The van der Waals surface area contributed by atoms with E-state index in [4.69, 9.17) is 15.3 Å². The van der Waals surface area contributed by atoms with Gasteiger partial charge in [0.1, 0.15) is 23.8 Å². The van der Waals surface area contributed by atoms with Gasteiger partial charge < -0.3 is 25.5 Å². The van der Waals surface area contributed by atoms with Gasteiger partial charge >= 0.3 is 6.01 Å². The van der Waals surface area contributed by atoms with Crippen molar-refractivity contribution in [2.75, 3.05) is 51.4 Å². The van der Waals surface area contributed by atoms with E-state index in [0.717, 1.165) is 35.2 Å². The molecule has 2 aromatic carbocycles. The largest absolute Gasteiger partial charge is 0.462 e. The van der Waals surface area contributed by atoms with Crippen molar-refractivity contribution >= 4 is 22.3 Å². The minimum atomic E-state index is 0.311. The lowest BCUT2D eigenvalue weighted by atomic mass is 10.0. The first-order valence-corrected chi connectivity index (χ1v) is 10.0. The molecule has 2 heterocycles. The number of morpholine rings is 1. The third-order valence-electron chi connectivity index (χ3n) is 5.01. The van der Waals surface area contributed by atoms with Gasteiger partial charge in [-0.1, -0.05) is 36.4 Å². The normalized spacial score (nSPS) is 14.8. The Morgan fingerprint density at radius 3 is 2.70 bits per heavy atom. The molecule has 0 bridgehead atoms. The first-order chi connectivity index (χ1) is 14.8. The van der Waals surface area contributed by atoms with Gasteiger partial charge in [0.05, 0.1) is 13.2 Å². The molecule has 1 aromatic heterocycles. The molecule has 30 heavy (non-hydrogen) atoms. The van der Waals surface area contributed by atoms with Gasteiger partial charge in [-0.25, -0.2) is 0 Å². The molecule has 8 nitrogen and oxygen atoms in total. The summed E-state index contributed by atoms with van der Waals surface area (Å²) in [6.45, 7) is 4.01. The van der Waals surface area contributed by atoms with Crippen LogP contribution in [0, 0.1) is 0 Å². The maximum Gasteiger partial charge on any atom is 0.319 e. The maximum absolute atomic E-state index is 5.82. The molecule has 3 N–H and O–H groups in total. The Balaban J connectivity index is 1.72. The van der Waals surface area contributed by atoms with E-state index in [2.05, 4.69) is 49.6 Å². The summed E-state index contributed by atoms with van der Waals surface area (Å²) in [5.74, 6) is 6.61. The number of nitrogens with two attached hydrogens (primary N) is 1. The Morgan fingerprint density at radius 1 is 1.13 bits per heavy atom. The van der Waals surface area contributed by atoms with Crippen LogP contribution in [-0.2, 0) is 4.74 Å². The first kappa shape index (κ1) is 20.1. The van der Waals surface area contributed by atoms with E-state index in [0.29, 0.717) is 43.8 Å². The van der Waals surface area contributed by atoms with Gasteiger partial charge in [0.25, 0.3) is 0 Å². The highest BCUT2D eigenvalue weighted by molar-refractivity contribution is 6.13. The molecule has 156 valence electrons. The number of hydrogen-bond donors (Lipinski definition) is 2. The molecule has 0 radical (unpaired) electrons. The first-order valence-electron chi connectivity index (χ1n) is 10.0. The molecule has 1 fully saturated rings. The summed E-state index contributed by atoms with van der Waals surface area (Å²) in [6, 6.07) is 16.5. The molecule has 0 unspecified atom stereocenters. The van der Waals surface area contributed by atoms with E-state index < -0.39 is 0 Å². The molecular weight excluding hydrogens is 380 g/mol. The molecule has 0 atom stereocenters. The van der Waals surface area contributed by atoms with E-state index >= 15 is 0 Å². The second-order valence-corrected chi connectivity index (χ2v) is 6.99. The van der Waals surface area contributed by atoms with Crippen LogP contribution >= 0.6 is 0 Å². The Hall–Kier alpha value is -3.23.